The number of benzene rings is 1. The van der Waals surface area contributed by atoms with Gasteiger partial charge in [0.25, 0.3) is 5.91 Å². The van der Waals surface area contributed by atoms with E-state index in [1.807, 2.05) is 18.2 Å². The van der Waals surface area contributed by atoms with Crippen LogP contribution in [0.15, 0.2) is 36.1 Å². The van der Waals surface area contributed by atoms with E-state index in [4.69, 9.17) is 5.11 Å². The Kier molecular flexibility index (Phi) is 1.63. The number of amides is 1. The van der Waals surface area contributed by atoms with Crippen molar-refractivity contribution in [3.05, 3.63) is 47.2 Å². The SMILES string of the molecule is O=C1N[C@@H]2c3ccccc3C[C@@H]2/C1=C\O. The summed E-state index contributed by atoms with van der Waals surface area (Å²) in [6, 6.07) is 8.17. The summed E-state index contributed by atoms with van der Waals surface area (Å²) >= 11 is 0. The molecule has 1 aliphatic carbocycles. The van der Waals surface area contributed by atoms with Gasteiger partial charge in [-0.2, -0.15) is 0 Å². The lowest BCUT2D eigenvalue weighted by Gasteiger charge is -2.08. The number of carbonyl (C=O) groups is 1. The first kappa shape index (κ1) is 8.53. The van der Waals surface area contributed by atoms with Gasteiger partial charge in [-0.1, -0.05) is 24.3 Å². The van der Waals surface area contributed by atoms with Crippen molar-refractivity contribution in [1.29, 1.82) is 0 Å². The molecule has 3 nitrogen and oxygen atoms in total. The van der Waals surface area contributed by atoms with Crippen molar-refractivity contribution in [2.45, 2.75) is 12.5 Å². The predicted octanol–water partition coefficient (Wildman–Crippen LogP) is 1.47. The van der Waals surface area contributed by atoms with Gasteiger partial charge >= 0.3 is 0 Å². The highest BCUT2D eigenvalue weighted by atomic mass is 16.2. The van der Waals surface area contributed by atoms with Crippen molar-refractivity contribution in [2.24, 2.45) is 5.92 Å². The zero-order chi connectivity index (χ0) is 10.4. The topological polar surface area (TPSA) is 49.3 Å². The van der Waals surface area contributed by atoms with Crippen LogP contribution in [0.3, 0.4) is 0 Å². The van der Waals surface area contributed by atoms with Crippen LogP contribution < -0.4 is 5.32 Å². The predicted molar refractivity (Wildman–Crippen MR) is 55.2 cm³/mol. The number of fused-ring (bicyclic) bond motifs is 3. The monoisotopic (exact) mass is 201 g/mol. The molecule has 1 heterocycles. The maximum absolute atomic E-state index is 11.5. The van der Waals surface area contributed by atoms with Crippen LogP contribution >= 0.6 is 0 Å². The van der Waals surface area contributed by atoms with Crippen LogP contribution in [0.4, 0.5) is 0 Å². The highest BCUT2D eigenvalue weighted by Crippen LogP contribution is 2.43. The molecule has 2 atom stereocenters. The van der Waals surface area contributed by atoms with Gasteiger partial charge in [-0.05, 0) is 17.5 Å². The standard InChI is InChI=1S/C12H11NO2/c14-6-10-9-5-7-3-1-2-4-8(7)11(9)13-12(10)15/h1-4,6,9,11,14H,5H2,(H,13,15)/b10-6+/t9-,11-/m1/s1. The smallest absolute Gasteiger partial charge is 0.251 e. The Hall–Kier alpha value is -1.77. The Morgan fingerprint density at radius 2 is 2.20 bits per heavy atom. The van der Waals surface area contributed by atoms with E-state index in [-0.39, 0.29) is 17.9 Å². The van der Waals surface area contributed by atoms with E-state index >= 15 is 0 Å². The molecule has 1 amide bonds. The third kappa shape index (κ3) is 1.03. The van der Waals surface area contributed by atoms with Gasteiger partial charge < -0.3 is 10.4 Å². The maximum Gasteiger partial charge on any atom is 0.251 e. The Morgan fingerprint density at radius 3 is 3.00 bits per heavy atom. The number of nitrogens with one attached hydrogen (secondary N) is 1. The Bertz CT molecular complexity index is 464. The number of aliphatic hydroxyl groups is 1. The van der Waals surface area contributed by atoms with Crippen LogP contribution in [0.5, 0.6) is 0 Å². The van der Waals surface area contributed by atoms with E-state index in [9.17, 15) is 4.79 Å². The lowest BCUT2D eigenvalue weighted by molar-refractivity contribution is -0.116. The lowest BCUT2D eigenvalue weighted by Crippen LogP contribution is -2.18. The van der Waals surface area contributed by atoms with Gasteiger partial charge in [-0.25, -0.2) is 0 Å². The van der Waals surface area contributed by atoms with Gasteiger partial charge in [0.1, 0.15) is 0 Å². The highest BCUT2D eigenvalue weighted by molar-refractivity contribution is 5.97. The van der Waals surface area contributed by atoms with Crippen molar-refractivity contribution in [1.82, 2.24) is 5.32 Å². The van der Waals surface area contributed by atoms with E-state index in [2.05, 4.69) is 11.4 Å². The zero-order valence-corrected chi connectivity index (χ0v) is 8.10. The van der Waals surface area contributed by atoms with Gasteiger partial charge in [0.15, 0.2) is 0 Å². The van der Waals surface area contributed by atoms with Gasteiger partial charge in [0.05, 0.1) is 17.9 Å². The van der Waals surface area contributed by atoms with E-state index in [1.165, 1.54) is 11.1 Å². The molecule has 1 aliphatic heterocycles. The molecule has 0 bridgehead atoms. The fraction of sp³-hybridized carbons (Fsp3) is 0.250. The average molecular weight is 201 g/mol. The van der Waals surface area contributed by atoms with Crippen molar-refractivity contribution in [2.75, 3.05) is 0 Å². The summed E-state index contributed by atoms with van der Waals surface area (Å²) in [5, 5.41) is 11.9. The first-order valence-electron chi connectivity index (χ1n) is 5.04. The third-order valence-electron chi connectivity index (χ3n) is 3.32. The van der Waals surface area contributed by atoms with Gasteiger partial charge in [0.2, 0.25) is 0 Å². The van der Waals surface area contributed by atoms with Crippen LogP contribution in [0.2, 0.25) is 0 Å². The molecule has 1 fully saturated rings. The van der Waals surface area contributed by atoms with E-state index in [1.54, 1.807) is 0 Å². The minimum Gasteiger partial charge on any atom is -0.515 e. The van der Waals surface area contributed by atoms with E-state index < -0.39 is 0 Å². The first-order valence-corrected chi connectivity index (χ1v) is 5.04. The number of carbonyl (C=O) groups excluding carboxylic acids is 1. The van der Waals surface area contributed by atoms with Crippen molar-refractivity contribution in [3.8, 4) is 0 Å². The number of hydrogen-bond donors (Lipinski definition) is 2. The first-order chi connectivity index (χ1) is 7.31. The number of rotatable bonds is 0. The normalized spacial score (nSPS) is 30.1. The molecule has 0 radical (unpaired) electrons. The second-order valence-corrected chi connectivity index (χ2v) is 4.05. The second-order valence-electron chi connectivity index (χ2n) is 4.05. The molecule has 2 N–H and O–H groups in total. The van der Waals surface area contributed by atoms with Crippen LogP contribution in [0.25, 0.3) is 0 Å². The number of hydrogen-bond acceptors (Lipinski definition) is 2. The van der Waals surface area contributed by atoms with Gasteiger partial charge in [0, 0.05) is 5.92 Å². The Balaban J connectivity index is 2.08. The largest absolute Gasteiger partial charge is 0.515 e. The summed E-state index contributed by atoms with van der Waals surface area (Å²) < 4.78 is 0. The fourth-order valence-corrected chi connectivity index (χ4v) is 2.61. The summed E-state index contributed by atoms with van der Waals surface area (Å²) in [7, 11) is 0. The molecule has 1 saturated heterocycles. The van der Waals surface area contributed by atoms with Crippen LogP contribution in [0, 0.1) is 5.92 Å². The molecule has 1 aromatic rings. The molecule has 2 aliphatic rings. The molecule has 76 valence electrons. The Labute approximate surface area is 87.4 Å². The van der Waals surface area contributed by atoms with Crippen LogP contribution in [-0.2, 0) is 11.2 Å². The van der Waals surface area contributed by atoms with E-state index in [0.29, 0.717) is 5.57 Å². The molecule has 15 heavy (non-hydrogen) atoms. The summed E-state index contributed by atoms with van der Waals surface area (Å²) in [5.74, 6) is -0.0260. The summed E-state index contributed by atoms with van der Waals surface area (Å²) in [6.45, 7) is 0. The Morgan fingerprint density at radius 1 is 1.40 bits per heavy atom. The average Bonchev–Trinajstić information content (AvgIpc) is 2.72. The molecule has 0 aromatic heterocycles. The van der Waals surface area contributed by atoms with Crippen LogP contribution in [0.1, 0.15) is 17.2 Å². The molecule has 0 spiro atoms. The summed E-state index contributed by atoms with van der Waals surface area (Å²) in [5.41, 5.74) is 2.97. The quantitative estimate of drug-likeness (QED) is 0.493. The molecule has 3 heteroatoms. The van der Waals surface area contributed by atoms with Crippen LogP contribution in [-0.4, -0.2) is 11.0 Å². The molecular formula is C12H11NO2. The maximum atomic E-state index is 11.5. The molecule has 1 aromatic carbocycles. The highest BCUT2D eigenvalue weighted by Gasteiger charge is 2.43. The van der Waals surface area contributed by atoms with Crippen molar-refractivity contribution >= 4 is 5.91 Å². The third-order valence-corrected chi connectivity index (χ3v) is 3.32. The molecule has 3 rings (SSSR count). The number of aliphatic hydroxyl groups excluding tert-OH is 1. The lowest BCUT2D eigenvalue weighted by atomic mass is 9.98. The van der Waals surface area contributed by atoms with Crippen molar-refractivity contribution in [3.63, 3.8) is 0 Å². The van der Waals surface area contributed by atoms with Crippen molar-refractivity contribution < 1.29 is 9.90 Å². The minimum atomic E-state index is -0.137. The summed E-state index contributed by atoms with van der Waals surface area (Å²) in [4.78, 5) is 11.5. The summed E-state index contributed by atoms with van der Waals surface area (Å²) in [6.07, 6.45) is 1.79. The minimum absolute atomic E-state index is 0.0621. The van der Waals surface area contributed by atoms with Gasteiger partial charge in [-0.3, -0.25) is 4.79 Å². The fourth-order valence-electron chi connectivity index (χ4n) is 2.61. The van der Waals surface area contributed by atoms with E-state index in [0.717, 1.165) is 12.7 Å². The molecular weight excluding hydrogens is 190 g/mol. The zero-order valence-electron chi connectivity index (χ0n) is 8.10. The molecule has 0 unspecified atom stereocenters. The van der Waals surface area contributed by atoms with Gasteiger partial charge in [-0.15, -0.1) is 0 Å². The molecule has 0 saturated carbocycles. The second kappa shape index (κ2) is 2.86.